The third-order valence-corrected chi connectivity index (χ3v) is 3.03. The number of hydrogen-bond acceptors (Lipinski definition) is 5. The van der Waals surface area contributed by atoms with Crippen LogP contribution in [-0.4, -0.2) is 40.4 Å². The fourth-order valence-electron chi connectivity index (χ4n) is 1.83. The number of aryl methyl sites for hydroxylation is 1. The van der Waals surface area contributed by atoms with Gasteiger partial charge in [0.25, 0.3) is 0 Å². The Morgan fingerprint density at radius 3 is 2.91 bits per heavy atom. The zero-order valence-corrected chi connectivity index (χ0v) is 13.0. The Hall–Kier alpha value is -2.96. The van der Waals surface area contributed by atoms with Gasteiger partial charge in [-0.3, -0.25) is 14.6 Å². The van der Waals surface area contributed by atoms with Gasteiger partial charge in [-0.2, -0.15) is 0 Å². The molecule has 0 aliphatic carbocycles. The lowest BCUT2D eigenvalue weighted by Crippen LogP contribution is -2.37. The van der Waals surface area contributed by atoms with Crippen molar-refractivity contribution in [2.75, 3.05) is 13.6 Å². The van der Waals surface area contributed by atoms with E-state index in [9.17, 15) is 9.59 Å². The largest absolute Gasteiger partial charge is 0.361 e. The molecule has 0 fully saturated rings. The van der Waals surface area contributed by atoms with Crippen LogP contribution in [0.5, 0.6) is 0 Å². The van der Waals surface area contributed by atoms with E-state index in [2.05, 4.69) is 15.5 Å². The van der Waals surface area contributed by atoms with Crippen molar-refractivity contribution in [3.05, 3.63) is 53.7 Å². The predicted molar refractivity (Wildman–Crippen MR) is 84.0 cm³/mol. The van der Waals surface area contributed by atoms with Gasteiger partial charge in [-0.15, -0.1) is 0 Å². The summed E-state index contributed by atoms with van der Waals surface area (Å²) < 4.78 is 4.95. The lowest BCUT2D eigenvalue weighted by molar-refractivity contribution is -0.131. The maximum Gasteiger partial charge on any atom is 0.244 e. The van der Waals surface area contributed by atoms with Crippen molar-refractivity contribution in [3.63, 3.8) is 0 Å². The van der Waals surface area contributed by atoms with Crippen LogP contribution in [0.2, 0.25) is 0 Å². The number of likely N-dealkylation sites (N-methyl/N-ethyl adjacent to an activating group) is 1. The minimum Gasteiger partial charge on any atom is -0.361 e. The average molecular weight is 314 g/mol. The van der Waals surface area contributed by atoms with E-state index >= 15 is 0 Å². The number of aromatic nitrogens is 2. The van der Waals surface area contributed by atoms with Crippen LogP contribution in [0.25, 0.3) is 6.08 Å². The van der Waals surface area contributed by atoms with Gasteiger partial charge in [-0.05, 0) is 24.6 Å². The second kappa shape index (κ2) is 7.88. The molecule has 0 saturated heterocycles. The van der Waals surface area contributed by atoms with Crippen LogP contribution >= 0.6 is 0 Å². The molecule has 0 aliphatic heterocycles. The van der Waals surface area contributed by atoms with E-state index in [0.717, 1.165) is 5.56 Å². The van der Waals surface area contributed by atoms with Gasteiger partial charge in [0.15, 0.2) is 0 Å². The molecule has 0 unspecified atom stereocenters. The van der Waals surface area contributed by atoms with Crippen molar-refractivity contribution in [1.29, 1.82) is 0 Å². The SMILES string of the molecule is Cc1cc(CN(C)C(=O)CNC(=O)C=Cc2cccnc2)no1. The zero-order valence-electron chi connectivity index (χ0n) is 13.0. The van der Waals surface area contributed by atoms with E-state index in [1.165, 1.54) is 11.0 Å². The zero-order chi connectivity index (χ0) is 16.7. The molecule has 2 heterocycles. The van der Waals surface area contributed by atoms with Crippen LogP contribution < -0.4 is 5.32 Å². The maximum absolute atomic E-state index is 12.0. The Labute approximate surface area is 134 Å². The highest BCUT2D eigenvalue weighted by Crippen LogP contribution is 2.04. The summed E-state index contributed by atoms with van der Waals surface area (Å²) in [5, 5.41) is 6.37. The molecule has 0 aliphatic rings. The van der Waals surface area contributed by atoms with Gasteiger partial charge in [0, 0.05) is 31.6 Å². The van der Waals surface area contributed by atoms with Crippen LogP contribution in [0.3, 0.4) is 0 Å². The molecular weight excluding hydrogens is 296 g/mol. The molecule has 1 N–H and O–H groups in total. The number of nitrogens with zero attached hydrogens (tertiary/aromatic N) is 3. The molecule has 0 atom stereocenters. The van der Waals surface area contributed by atoms with E-state index in [4.69, 9.17) is 4.52 Å². The summed E-state index contributed by atoms with van der Waals surface area (Å²) in [5.74, 6) is 0.136. The number of rotatable bonds is 6. The number of nitrogens with one attached hydrogen (secondary N) is 1. The van der Waals surface area contributed by atoms with Crippen molar-refractivity contribution in [2.24, 2.45) is 0 Å². The first-order valence-corrected chi connectivity index (χ1v) is 7.06. The Bertz CT molecular complexity index is 694. The lowest BCUT2D eigenvalue weighted by atomic mass is 10.2. The van der Waals surface area contributed by atoms with Crippen LogP contribution in [0.1, 0.15) is 17.0 Å². The van der Waals surface area contributed by atoms with Gasteiger partial charge < -0.3 is 14.7 Å². The highest BCUT2D eigenvalue weighted by atomic mass is 16.5. The van der Waals surface area contributed by atoms with E-state index in [1.807, 2.05) is 6.07 Å². The second-order valence-corrected chi connectivity index (χ2v) is 5.02. The minimum atomic E-state index is -0.340. The molecular formula is C16H18N4O3. The van der Waals surface area contributed by atoms with Crippen molar-refractivity contribution < 1.29 is 14.1 Å². The highest BCUT2D eigenvalue weighted by molar-refractivity contribution is 5.94. The Kier molecular flexibility index (Phi) is 5.62. The fourth-order valence-corrected chi connectivity index (χ4v) is 1.83. The Morgan fingerprint density at radius 2 is 2.26 bits per heavy atom. The van der Waals surface area contributed by atoms with Crippen LogP contribution in [0, 0.1) is 6.92 Å². The first-order chi connectivity index (χ1) is 11.0. The first kappa shape index (κ1) is 16.4. The maximum atomic E-state index is 12.0. The van der Waals surface area contributed by atoms with Crippen molar-refractivity contribution in [2.45, 2.75) is 13.5 Å². The average Bonchev–Trinajstić information content (AvgIpc) is 2.96. The smallest absolute Gasteiger partial charge is 0.244 e. The summed E-state index contributed by atoms with van der Waals surface area (Å²) in [6.07, 6.45) is 6.30. The molecule has 0 saturated carbocycles. The Balaban J connectivity index is 1.77. The van der Waals surface area contributed by atoms with E-state index in [1.54, 1.807) is 44.6 Å². The molecule has 23 heavy (non-hydrogen) atoms. The van der Waals surface area contributed by atoms with Crippen molar-refractivity contribution in [1.82, 2.24) is 20.4 Å². The summed E-state index contributed by atoms with van der Waals surface area (Å²) in [6, 6.07) is 5.37. The third kappa shape index (κ3) is 5.39. The topological polar surface area (TPSA) is 88.3 Å². The standard InChI is InChI=1S/C16H18N4O3/c1-12-8-14(19-23-12)11-20(2)16(22)10-18-15(21)6-5-13-4-3-7-17-9-13/h3-9H,10-11H2,1-2H3,(H,18,21). The summed E-state index contributed by atoms with van der Waals surface area (Å²) in [6.45, 7) is 2.04. The predicted octanol–water partition coefficient (Wildman–Crippen LogP) is 1.17. The normalized spacial score (nSPS) is 10.7. The van der Waals surface area contributed by atoms with Crippen LogP contribution in [0.15, 0.2) is 41.2 Å². The molecule has 7 nitrogen and oxygen atoms in total. The second-order valence-electron chi connectivity index (χ2n) is 5.02. The molecule has 120 valence electrons. The minimum absolute atomic E-state index is 0.0798. The first-order valence-electron chi connectivity index (χ1n) is 7.06. The molecule has 2 amide bonds. The van der Waals surface area contributed by atoms with Crippen molar-refractivity contribution in [3.8, 4) is 0 Å². The van der Waals surface area contributed by atoms with Crippen LogP contribution in [-0.2, 0) is 16.1 Å². The Morgan fingerprint density at radius 1 is 1.43 bits per heavy atom. The quantitative estimate of drug-likeness (QED) is 0.809. The summed E-state index contributed by atoms with van der Waals surface area (Å²) >= 11 is 0. The van der Waals surface area contributed by atoms with Crippen LogP contribution in [0.4, 0.5) is 0 Å². The van der Waals surface area contributed by atoms with Gasteiger partial charge in [0.05, 0.1) is 13.1 Å². The molecule has 0 aromatic carbocycles. The fraction of sp³-hybridized carbons (Fsp3) is 0.250. The number of amides is 2. The number of hydrogen-bond donors (Lipinski definition) is 1. The van der Waals surface area contributed by atoms with Gasteiger partial charge in [0.2, 0.25) is 11.8 Å². The molecule has 2 aromatic rings. The summed E-state index contributed by atoms with van der Waals surface area (Å²) in [7, 11) is 1.64. The molecule has 0 bridgehead atoms. The summed E-state index contributed by atoms with van der Waals surface area (Å²) in [5.41, 5.74) is 1.48. The molecule has 0 radical (unpaired) electrons. The van der Waals surface area contributed by atoms with Gasteiger partial charge in [-0.25, -0.2) is 0 Å². The molecule has 7 heteroatoms. The van der Waals surface area contributed by atoms with E-state index < -0.39 is 0 Å². The lowest BCUT2D eigenvalue weighted by Gasteiger charge is -2.15. The monoisotopic (exact) mass is 314 g/mol. The number of carbonyl (C=O) groups excluding carboxylic acids is 2. The van der Waals surface area contributed by atoms with Gasteiger partial charge in [0.1, 0.15) is 11.5 Å². The number of carbonyl (C=O) groups is 2. The van der Waals surface area contributed by atoms with Gasteiger partial charge >= 0.3 is 0 Å². The molecule has 0 spiro atoms. The van der Waals surface area contributed by atoms with Gasteiger partial charge in [-0.1, -0.05) is 11.2 Å². The van der Waals surface area contributed by atoms with Crippen molar-refractivity contribution >= 4 is 17.9 Å². The number of pyridine rings is 1. The van der Waals surface area contributed by atoms with E-state index in [0.29, 0.717) is 18.0 Å². The molecule has 2 aromatic heterocycles. The third-order valence-electron chi connectivity index (χ3n) is 3.03. The summed E-state index contributed by atoms with van der Waals surface area (Å²) in [4.78, 5) is 29.1. The highest BCUT2D eigenvalue weighted by Gasteiger charge is 2.12. The molecule has 2 rings (SSSR count). The van der Waals surface area contributed by atoms with E-state index in [-0.39, 0.29) is 18.4 Å².